The minimum Gasteiger partial charge on any atom is -0.310 e. The number of aromatic amines is 1. The van der Waals surface area contributed by atoms with E-state index in [2.05, 4.69) is 26.6 Å². The van der Waals surface area contributed by atoms with Gasteiger partial charge in [0.25, 0.3) is 0 Å². The average molecular weight is 295 g/mol. The molecule has 1 aromatic carbocycles. The van der Waals surface area contributed by atoms with Crippen molar-refractivity contribution in [2.45, 2.75) is 42.4 Å². The molecule has 0 unspecified atom stereocenters. The first kappa shape index (κ1) is 13.0. The number of nitrogens with zero attached hydrogens (tertiary/aromatic N) is 2. The molecule has 100 valence electrons. The molecule has 1 aromatic heterocycles. The van der Waals surface area contributed by atoms with Crippen molar-refractivity contribution in [2.24, 2.45) is 0 Å². The largest absolute Gasteiger partial charge is 0.310 e. The summed E-state index contributed by atoms with van der Waals surface area (Å²) in [6.45, 7) is 2.76. The second-order valence-electron chi connectivity index (χ2n) is 4.71. The molecule has 2 aromatic rings. The normalized spacial score (nSPS) is 14.8. The Morgan fingerprint density at radius 3 is 3.00 bits per heavy atom. The minimum atomic E-state index is 0.694. The van der Waals surface area contributed by atoms with Gasteiger partial charge in [0.05, 0.1) is 0 Å². The quantitative estimate of drug-likeness (QED) is 0.889. The Hall–Kier alpha value is -1.04. The summed E-state index contributed by atoms with van der Waals surface area (Å²) in [7, 11) is 0. The first-order valence-electron chi connectivity index (χ1n) is 6.29. The molecule has 0 bridgehead atoms. The SMILES string of the molecule is Cc1nc(Sc2cc(Cl)ccc2CNC2CC2)n[nH]1. The van der Waals surface area contributed by atoms with Crippen LogP contribution in [0.1, 0.15) is 24.2 Å². The molecule has 0 saturated heterocycles. The third-order valence-electron chi connectivity index (χ3n) is 2.97. The van der Waals surface area contributed by atoms with Crippen LogP contribution in [0.25, 0.3) is 0 Å². The summed E-state index contributed by atoms with van der Waals surface area (Å²) < 4.78 is 0. The fourth-order valence-corrected chi connectivity index (χ4v) is 2.94. The highest BCUT2D eigenvalue weighted by atomic mass is 35.5. The van der Waals surface area contributed by atoms with Gasteiger partial charge in [-0.1, -0.05) is 17.7 Å². The molecule has 0 aliphatic heterocycles. The summed E-state index contributed by atoms with van der Waals surface area (Å²) in [6.07, 6.45) is 2.58. The Morgan fingerprint density at radius 2 is 2.32 bits per heavy atom. The van der Waals surface area contributed by atoms with Gasteiger partial charge in [0.1, 0.15) is 5.82 Å². The zero-order valence-electron chi connectivity index (χ0n) is 10.6. The molecule has 3 rings (SSSR count). The van der Waals surface area contributed by atoms with Crippen molar-refractivity contribution < 1.29 is 0 Å². The molecular weight excluding hydrogens is 280 g/mol. The van der Waals surface area contributed by atoms with Gasteiger partial charge in [-0.3, -0.25) is 5.10 Å². The van der Waals surface area contributed by atoms with E-state index in [9.17, 15) is 0 Å². The number of aromatic nitrogens is 3. The number of H-pyrrole nitrogens is 1. The van der Waals surface area contributed by atoms with Crippen molar-refractivity contribution in [3.63, 3.8) is 0 Å². The molecule has 19 heavy (non-hydrogen) atoms. The van der Waals surface area contributed by atoms with Crippen molar-refractivity contribution in [1.82, 2.24) is 20.5 Å². The summed E-state index contributed by atoms with van der Waals surface area (Å²) in [5.74, 6) is 0.821. The summed E-state index contributed by atoms with van der Waals surface area (Å²) in [5, 5.41) is 12.0. The Morgan fingerprint density at radius 1 is 1.47 bits per heavy atom. The number of rotatable bonds is 5. The van der Waals surface area contributed by atoms with Crippen LogP contribution >= 0.6 is 23.4 Å². The Labute approximate surface area is 121 Å². The number of aryl methyl sites for hydroxylation is 1. The van der Waals surface area contributed by atoms with E-state index in [1.165, 1.54) is 18.4 Å². The predicted molar refractivity (Wildman–Crippen MR) is 76.6 cm³/mol. The Bertz CT molecular complexity index is 580. The van der Waals surface area contributed by atoms with Crippen LogP contribution in [0, 0.1) is 6.92 Å². The fraction of sp³-hybridized carbons (Fsp3) is 0.385. The van der Waals surface area contributed by atoms with Gasteiger partial charge in [-0.25, -0.2) is 4.98 Å². The molecule has 0 amide bonds. The Balaban J connectivity index is 1.78. The highest BCUT2D eigenvalue weighted by Crippen LogP contribution is 2.31. The van der Waals surface area contributed by atoms with Crippen molar-refractivity contribution in [1.29, 1.82) is 0 Å². The van der Waals surface area contributed by atoms with E-state index in [0.29, 0.717) is 6.04 Å². The second-order valence-corrected chi connectivity index (χ2v) is 6.16. The van der Waals surface area contributed by atoms with Crippen LogP contribution < -0.4 is 5.32 Å². The van der Waals surface area contributed by atoms with Crippen LogP contribution in [-0.4, -0.2) is 21.2 Å². The van der Waals surface area contributed by atoms with E-state index in [-0.39, 0.29) is 0 Å². The van der Waals surface area contributed by atoms with Crippen molar-refractivity contribution in [3.8, 4) is 0 Å². The second kappa shape index (κ2) is 5.53. The molecule has 1 saturated carbocycles. The number of benzene rings is 1. The number of hydrogen-bond donors (Lipinski definition) is 2. The molecule has 0 spiro atoms. The monoisotopic (exact) mass is 294 g/mol. The summed E-state index contributed by atoms with van der Waals surface area (Å²) in [5.41, 5.74) is 1.24. The zero-order valence-corrected chi connectivity index (χ0v) is 12.2. The molecule has 0 atom stereocenters. The van der Waals surface area contributed by atoms with Gasteiger partial charge >= 0.3 is 0 Å². The van der Waals surface area contributed by atoms with Gasteiger partial charge in [-0.2, -0.15) is 0 Å². The van der Waals surface area contributed by atoms with E-state index < -0.39 is 0 Å². The molecule has 0 radical (unpaired) electrons. The van der Waals surface area contributed by atoms with Gasteiger partial charge in [-0.15, -0.1) is 5.10 Å². The lowest BCUT2D eigenvalue weighted by molar-refractivity contribution is 0.680. The molecule has 1 fully saturated rings. The van der Waals surface area contributed by atoms with E-state index in [0.717, 1.165) is 27.4 Å². The van der Waals surface area contributed by atoms with Gasteiger partial charge in [0.15, 0.2) is 0 Å². The van der Waals surface area contributed by atoms with Crippen LogP contribution in [0.3, 0.4) is 0 Å². The molecular formula is C13H15ClN4S. The lowest BCUT2D eigenvalue weighted by Crippen LogP contribution is -2.15. The minimum absolute atomic E-state index is 0.694. The summed E-state index contributed by atoms with van der Waals surface area (Å²) in [4.78, 5) is 5.43. The molecule has 1 heterocycles. The third-order valence-corrected chi connectivity index (χ3v) is 4.17. The maximum absolute atomic E-state index is 6.08. The molecule has 2 N–H and O–H groups in total. The average Bonchev–Trinajstić information content (AvgIpc) is 3.12. The highest BCUT2D eigenvalue weighted by Gasteiger charge is 2.20. The number of nitrogens with one attached hydrogen (secondary N) is 2. The zero-order chi connectivity index (χ0) is 13.2. The maximum atomic E-state index is 6.08. The van der Waals surface area contributed by atoms with Crippen molar-refractivity contribution in [2.75, 3.05) is 0 Å². The van der Waals surface area contributed by atoms with E-state index >= 15 is 0 Å². The lowest BCUT2D eigenvalue weighted by Gasteiger charge is -2.09. The fourth-order valence-electron chi connectivity index (χ4n) is 1.78. The molecule has 1 aliphatic rings. The number of halogens is 1. The molecule has 1 aliphatic carbocycles. The van der Waals surface area contributed by atoms with Gasteiger partial charge < -0.3 is 5.32 Å². The molecule has 6 heteroatoms. The number of hydrogen-bond acceptors (Lipinski definition) is 4. The summed E-state index contributed by atoms with van der Waals surface area (Å²) in [6, 6.07) is 6.67. The van der Waals surface area contributed by atoms with Crippen molar-refractivity contribution >= 4 is 23.4 Å². The molecule has 4 nitrogen and oxygen atoms in total. The van der Waals surface area contributed by atoms with Crippen molar-refractivity contribution in [3.05, 3.63) is 34.6 Å². The van der Waals surface area contributed by atoms with Gasteiger partial charge in [0, 0.05) is 22.5 Å². The van der Waals surface area contributed by atoms with Crippen LogP contribution in [0.5, 0.6) is 0 Å². The topological polar surface area (TPSA) is 53.6 Å². The first-order chi connectivity index (χ1) is 9.20. The van der Waals surface area contributed by atoms with E-state index in [1.54, 1.807) is 11.8 Å². The van der Waals surface area contributed by atoms with Gasteiger partial charge in [-0.05, 0) is 49.2 Å². The third kappa shape index (κ3) is 3.49. The van der Waals surface area contributed by atoms with Crippen LogP contribution in [-0.2, 0) is 6.54 Å². The predicted octanol–water partition coefficient (Wildman–Crippen LogP) is 3.17. The highest BCUT2D eigenvalue weighted by molar-refractivity contribution is 7.99. The maximum Gasteiger partial charge on any atom is 0.213 e. The van der Waals surface area contributed by atoms with Crippen LogP contribution in [0.2, 0.25) is 5.02 Å². The van der Waals surface area contributed by atoms with E-state index in [1.807, 2.05) is 19.1 Å². The van der Waals surface area contributed by atoms with Gasteiger partial charge in [0.2, 0.25) is 5.16 Å². The Kier molecular flexibility index (Phi) is 3.77. The first-order valence-corrected chi connectivity index (χ1v) is 7.49. The standard InChI is InChI=1S/C13H15ClN4S/c1-8-16-13(18-17-8)19-12-6-10(14)3-2-9(12)7-15-11-4-5-11/h2-3,6,11,15H,4-5,7H2,1H3,(H,16,17,18). The summed E-state index contributed by atoms with van der Waals surface area (Å²) >= 11 is 7.62. The van der Waals surface area contributed by atoms with Crippen LogP contribution in [0.15, 0.2) is 28.3 Å². The van der Waals surface area contributed by atoms with E-state index in [4.69, 9.17) is 11.6 Å². The van der Waals surface area contributed by atoms with Crippen LogP contribution in [0.4, 0.5) is 0 Å². The lowest BCUT2D eigenvalue weighted by atomic mass is 10.2. The smallest absolute Gasteiger partial charge is 0.213 e.